The minimum absolute atomic E-state index is 1.79. The molecule has 0 bridgehead atoms. The predicted molar refractivity (Wildman–Crippen MR) is 35.5 cm³/mol. The Morgan fingerprint density at radius 3 is 1.64 bits per heavy atom. The first kappa shape index (κ1) is 11.3. The summed E-state index contributed by atoms with van der Waals surface area (Å²) < 4.78 is 46.7. The van der Waals surface area contributed by atoms with Crippen molar-refractivity contribution < 1.29 is 17.6 Å². The molecule has 0 saturated heterocycles. The minimum atomic E-state index is -4.94. The van der Waals surface area contributed by atoms with Crippen LogP contribution in [0.15, 0.2) is 10.9 Å². The Labute approximate surface area is 74.7 Å². The quantitative estimate of drug-likeness (QED) is 0.476. The van der Waals surface area contributed by atoms with Crippen LogP contribution >= 0.6 is 34.8 Å². The van der Waals surface area contributed by atoms with E-state index in [4.69, 9.17) is 23.2 Å². The lowest BCUT2D eigenvalue weighted by Crippen LogP contribution is -2.10. The second-order valence-electron chi connectivity index (χ2n) is 1.46. The number of allylic oxidation sites excluding steroid dienone is 2. The molecule has 11 heavy (non-hydrogen) atoms. The van der Waals surface area contributed by atoms with E-state index in [1.807, 2.05) is 0 Å². The highest BCUT2D eigenvalue weighted by Gasteiger charge is 2.37. The van der Waals surface area contributed by atoms with E-state index in [2.05, 4.69) is 11.6 Å². The van der Waals surface area contributed by atoms with Gasteiger partial charge in [-0.1, -0.05) is 34.8 Å². The Bertz CT molecular complexity index is 171. The van der Waals surface area contributed by atoms with Crippen LogP contribution in [-0.4, -0.2) is 11.0 Å². The van der Waals surface area contributed by atoms with Crippen molar-refractivity contribution in [3.8, 4) is 0 Å². The van der Waals surface area contributed by atoms with E-state index in [1.54, 1.807) is 0 Å². The topological polar surface area (TPSA) is 0 Å². The molecule has 0 radical (unpaired) electrons. The van der Waals surface area contributed by atoms with Crippen LogP contribution < -0.4 is 0 Å². The van der Waals surface area contributed by atoms with Crippen LogP contribution in [0, 0.1) is 0 Å². The molecule has 0 fully saturated rings. The average molecular weight is 231 g/mol. The number of halogens is 7. The first-order valence-corrected chi connectivity index (χ1v) is 3.42. The summed E-state index contributed by atoms with van der Waals surface area (Å²) in [5, 5.41) is -1.92. The molecule has 0 aromatic rings. The summed E-state index contributed by atoms with van der Waals surface area (Å²) in [6.45, 7) is 0. The van der Waals surface area contributed by atoms with E-state index >= 15 is 0 Å². The molecule has 0 spiro atoms. The molecule has 0 aliphatic heterocycles. The van der Waals surface area contributed by atoms with E-state index in [-0.39, 0.29) is 0 Å². The van der Waals surface area contributed by atoms with E-state index in [9.17, 15) is 17.6 Å². The molecule has 0 atom stereocenters. The van der Waals surface area contributed by atoms with Crippen molar-refractivity contribution in [3.05, 3.63) is 10.9 Å². The molecule has 0 aromatic carbocycles. The van der Waals surface area contributed by atoms with Crippen molar-refractivity contribution in [1.29, 1.82) is 0 Å². The van der Waals surface area contributed by atoms with E-state index in [1.165, 1.54) is 0 Å². The molecular formula is C4HCl3F4. The first-order chi connectivity index (χ1) is 4.76. The van der Waals surface area contributed by atoms with Gasteiger partial charge in [0.1, 0.15) is 0 Å². The zero-order valence-corrected chi connectivity index (χ0v) is 6.99. The largest absolute Gasteiger partial charge is 0.429 e. The summed E-state index contributed by atoms with van der Waals surface area (Å²) in [6.07, 6.45) is -4.94. The summed E-state index contributed by atoms with van der Waals surface area (Å²) in [5.74, 6) is -1.79. The zero-order valence-electron chi connectivity index (χ0n) is 4.72. The van der Waals surface area contributed by atoms with Crippen LogP contribution in [0.2, 0.25) is 0 Å². The van der Waals surface area contributed by atoms with Gasteiger partial charge in [0.25, 0.3) is 0 Å². The van der Waals surface area contributed by atoms with Gasteiger partial charge in [-0.25, -0.2) is 4.39 Å². The molecule has 0 amide bonds. The van der Waals surface area contributed by atoms with Crippen molar-refractivity contribution in [2.24, 2.45) is 0 Å². The summed E-state index contributed by atoms with van der Waals surface area (Å²) >= 11 is 14.1. The van der Waals surface area contributed by atoms with E-state index in [0.29, 0.717) is 0 Å². The second-order valence-corrected chi connectivity index (χ2v) is 2.93. The van der Waals surface area contributed by atoms with Gasteiger partial charge in [0.15, 0.2) is 15.7 Å². The summed E-state index contributed by atoms with van der Waals surface area (Å²) in [7, 11) is 0. The zero-order chi connectivity index (χ0) is 9.23. The summed E-state index contributed by atoms with van der Waals surface area (Å²) in [5.41, 5.74) is 0. The third-order valence-corrected chi connectivity index (χ3v) is 1.43. The standard InChI is InChI=1S/C4HCl3F4/c5-2(4(9,10)11)1(8)3(6)7/h3H. The molecule has 0 heterocycles. The lowest BCUT2D eigenvalue weighted by atomic mass is 10.5. The van der Waals surface area contributed by atoms with E-state index in [0.717, 1.165) is 0 Å². The van der Waals surface area contributed by atoms with Gasteiger partial charge in [0.05, 0.1) is 0 Å². The van der Waals surface area contributed by atoms with Gasteiger partial charge in [-0.2, -0.15) is 13.2 Å². The molecule has 0 unspecified atom stereocenters. The minimum Gasteiger partial charge on any atom is -0.207 e. The SMILES string of the molecule is FC(=C(Cl)C(F)(F)F)C(Cl)Cl. The summed E-state index contributed by atoms with van der Waals surface area (Å²) in [4.78, 5) is -1.89. The van der Waals surface area contributed by atoms with Crippen LogP contribution in [0.4, 0.5) is 17.6 Å². The second kappa shape index (κ2) is 3.83. The van der Waals surface area contributed by atoms with Gasteiger partial charge in [-0.15, -0.1) is 0 Å². The maximum Gasteiger partial charge on any atom is 0.429 e. The maximum atomic E-state index is 12.2. The van der Waals surface area contributed by atoms with Gasteiger partial charge in [0, 0.05) is 0 Å². The predicted octanol–water partition coefficient (Wildman–Crippen LogP) is 3.77. The average Bonchev–Trinajstić information content (AvgIpc) is 1.82. The molecule has 0 aliphatic rings. The van der Waals surface area contributed by atoms with Gasteiger partial charge >= 0.3 is 6.18 Å². The van der Waals surface area contributed by atoms with Crippen LogP contribution in [-0.2, 0) is 0 Å². The molecule has 0 saturated carbocycles. The monoisotopic (exact) mass is 230 g/mol. The lowest BCUT2D eigenvalue weighted by Gasteiger charge is -2.06. The number of alkyl halides is 5. The molecule has 0 aromatic heterocycles. The Hall–Kier alpha value is 0.330. The fourth-order valence-electron chi connectivity index (χ4n) is 0.231. The Morgan fingerprint density at radius 2 is 1.55 bits per heavy atom. The molecule has 0 N–H and O–H groups in total. The molecule has 7 heteroatoms. The Balaban J connectivity index is 4.67. The van der Waals surface area contributed by atoms with Crippen molar-refractivity contribution in [2.45, 2.75) is 11.0 Å². The first-order valence-electron chi connectivity index (χ1n) is 2.17. The van der Waals surface area contributed by atoms with E-state index < -0.39 is 21.9 Å². The third kappa shape index (κ3) is 3.49. The molecule has 0 rings (SSSR count). The van der Waals surface area contributed by atoms with Crippen LogP contribution in [0.1, 0.15) is 0 Å². The van der Waals surface area contributed by atoms with Crippen molar-refractivity contribution in [2.75, 3.05) is 0 Å². The van der Waals surface area contributed by atoms with Gasteiger partial charge in [-0.05, 0) is 0 Å². The maximum absolute atomic E-state index is 12.2. The fraction of sp³-hybridized carbons (Fsp3) is 0.500. The van der Waals surface area contributed by atoms with Crippen LogP contribution in [0.3, 0.4) is 0 Å². The molecule has 0 aliphatic carbocycles. The van der Waals surface area contributed by atoms with Crippen LogP contribution in [0.25, 0.3) is 0 Å². The Morgan fingerprint density at radius 1 is 1.18 bits per heavy atom. The highest BCUT2D eigenvalue weighted by atomic mass is 35.5. The number of hydrogen-bond acceptors (Lipinski definition) is 0. The van der Waals surface area contributed by atoms with Crippen molar-refractivity contribution in [1.82, 2.24) is 0 Å². The molecular weight excluding hydrogens is 230 g/mol. The van der Waals surface area contributed by atoms with Gasteiger partial charge in [-0.3, -0.25) is 0 Å². The van der Waals surface area contributed by atoms with Gasteiger partial charge in [0.2, 0.25) is 0 Å². The van der Waals surface area contributed by atoms with Crippen molar-refractivity contribution >= 4 is 34.8 Å². The molecule has 0 nitrogen and oxygen atoms in total. The fourth-order valence-corrected chi connectivity index (χ4v) is 0.670. The lowest BCUT2D eigenvalue weighted by molar-refractivity contribution is -0.0862. The number of hydrogen-bond donors (Lipinski definition) is 0. The highest BCUT2D eigenvalue weighted by Crippen LogP contribution is 2.34. The smallest absolute Gasteiger partial charge is 0.207 e. The highest BCUT2D eigenvalue weighted by molar-refractivity contribution is 6.46. The van der Waals surface area contributed by atoms with Crippen molar-refractivity contribution in [3.63, 3.8) is 0 Å². The normalized spacial score (nSPS) is 15.3. The molecule has 66 valence electrons. The van der Waals surface area contributed by atoms with Gasteiger partial charge < -0.3 is 0 Å². The third-order valence-electron chi connectivity index (χ3n) is 0.650. The Kier molecular flexibility index (Phi) is 3.94. The van der Waals surface area contributed by atoms with Crippen LogP contribution in [0.5, 0.6) is 0 Å². The summed E-state index contributed by atoms with van der Waals surface area (Å²) in [6, 6.07) is 0. The number of rotatable bonds is 1.